The third-order valence-corrected chi connectivity index (χ3v) is 4.98. The molecule has 0 aliphatic carbocycles. The summed E-state index contributed by atoms with van der Waals surface area (Å²) in [6.45, 7) is 6.71. The zero-order valence-electron chi connectivity index (χ0n) is 15.4. The molecular weight excluding hydrogens is 316 g/mol. The quantitative estimate of drug-likeness (QED) is 0.470. The number of fused-ring (bicyclic) bond motifs is 1. The first-order chi connectivity index (χ1) is 12.3. The van der Waals surface area contributed by atoms with Crippen molar-refractivity contribution in [3.8, 4) is 11.5 Å². The molecule has 25 heavy (non-hydrogen) atoms. The van der Waals surface area contributed by atoms with Crippen LogP contribution < -0.4 is 20.1 Å². The average Bonchev–Trinajstić information content (AvgIpc) is 3.10. The third-order valence-electron chi connectivity index (χ3n) is 4.98. The van der Waals surface area contributed by atoms with E-state index in [1.54, 1.807) is 0 Å². The second-order valence-electron chi connectivity index (χ2n) is 6.77. The SMILES string of the molecule is CN=C(NCCCN1CCCCC1C)NCc1ccc2c(c1)OCO2. The van der Waals surface area contributed by atoms with E-state index in [1.807, 2.05) is 25.2 Å². The lowest BCUT2D eigenvalue weighted by Gasteiger charge is -2.33. The lowest BCUT2D eigenvalue weighted by molar-refractivity contribution is 0.159. The highest BCUT2D eigenvalue weighted by Crippen LogP contribution is 2.32. The van der Waals surface area contributed by atoms with Crippen LogP contribution in [0.3, 0.4) is 0 Å². The number of rotatable bonds is 6. The van der Waals surface area contributed by atoms with Gasteiger partial charge in [0.05, 0.1) is 0 Å². The number of aliphatic imine (C=N–C) groups is 1. The van der Waals surface area contributed by atoms with Gasteiger partial charge in [0.1, 0.15) is 0 Å². The molecule has 6 heteroatoms. The Morgan fingerprint density at radius 2 is 2.12 bits per heavy atom. The Morgan fingerprint density at radius 1 is 1.24 bits per heavy atom. The molecule has 2 aliphatic heterocycles. The Morgan fingerprint density at radius 3 is 2.96 bits per heavy atom. The highest BCUT2D eigenvalue weighted by atomic mass is 16.7. The summed E-state index contributed by atoms with van der Waals surface area (Å²) in [5.74, 6) is 2.47. The molecule has 0 aromatic heterocycles. The van der Waals surface area contributed by atoms with Crippen molar-refractivity contribution in [3.05, 3.63) is 23.8 Å². The van der Waals surface area contributed by atoms with Gasteiger partial charge >= 0.3 is 0 Å². The molecule has 0 amide bonds. The predicted octanol–water partition coefficient (Wildman–Crippen LogP) is 2.34. The molecule has 0 saturated carbocycles. The Labute approximate surface area is 150 Å². The smallest absolute Gasteiger partial charge is 0.231 e. The number of nitrogens with one attached hydrogen (secondary N) is 2. The van der Waals surface area contributed by atoms with E-state index in [0.29, 0.717) is 13.3 Å². The molecule has 2 aliphatic rings. The first-order valence-corrected chi connectivity index (χ1v) is 9.33. The van der Waals surface area contributed by atoms with Gasteiger partial charge in [0.25, 0.3) is 0 Å². The Bertz CT molecular complexity index is 591. The van der Waals surface area contributed by atoms with E-state index in [2.05, 4.69) is 27.4 Å². The Hall–Kier alpha value is -1.95. The highest BCUT2D eigenvalue weighted by Gasteiger charge is 2.17. The number of nitrogens with zero attached hydrogens (tertiary/aromatic N) is 2. The van der Waals surface area contributed by atoms with Gasteiger partial charge in [-0.15, -0.1) is 0 Å². The van der Waals surface area contributed by atoms with Crippen molar-refractivity contribution in [1.82, 2.24) is 15.5 Å². The predicted molar refractivity (Wildman–Crippen MR) is 100 cm³/mol. The summed E-state index contributed by atoms with van der Waals surface area (Å²) < 4.78 is 10.8. The largest absolute Gasteiger partial charge is 0.454 e. The molecule has 0 bridgehead atoms. The number of piperidine rings is 1. The maximum Gasteiger partial charge on any atom is 0.231 e. The van der Waals surface area contributed by atoms with Crippen LogP contribution in [0.2, 0.25) is 0 Å². The van der Waals surface area contributed by atoms with Crippen molar-refractivity contribution < 1.29 is 9.47 Å². The minimum absolute atomic E-state index is 0.311. The van der Waals surface area contributed by atoms with Crippen LogP contribution in [0, 0.1) is 0 Å². The van der Waals surface area contributed by atoms with Crippen LogP contribution in [0.5, 0.6) is 11.5 Å². The molecule has 1 atom stereocenters. The minimum Gasteiger partial charge on any atom is -0.454 e. The van der Waals surface area contributed by atoms with Crippen molar-refractivity contribution in [1.29, 1.82) is 0 Å². The zero-order chi connectivity index (χ0) is 17.5. The van der Waals surface area contributed by atoms with Gasteiger partial charge in [-0.25, -0.2) is 0 Å². The molecule has 0 radical (unpaired) electrons. The second-order valence-corrected chi connectivity index (χ2v) is 6.77. The van der Waals surface area contributed by atoms with E-state index in [-0.39, 0.29) is 0 Å². The zero-order valence-corrected chi connectivity index (χ0v) is 15.4. The Balaban J connectivity index is 1.36. The van der Waals surface area contributed by atoms with Crippen LogP contribution in [-0.4, -0.2) is 50.4 Å². The van der Waals surface area contributed by atoms with Gasteiger partial charge in [-0.05, 0) is 50.4 Å². The van der Waals surface area contributed by atoms with Gasteiger partial charge in [-0.3, -0.25) is 4.99 Å². The minimum atomic E-state index is 0.311. The van der Waals surface area contributed by atoms with Gasteiger partial charge in [0, 0.05) is 32.7 Å². The number of guanidine groups is 1. The topological polar surface area (TPSA) is 58.1 Å². The lowest BCUT2D eigenvalue weighted by atomic mass is 10.0. The van der Waals surface area contributed by atoms with Gasteiger partial charge < -0.3 is 25.0 Å². The molecular formula is C19H30N4O2. The fourth-order valence-electron chi connectivity index (χ4n) is 3.44. The molecule has 1 saturated heterocycles. The van der Waals surface area contributed by atoms with Crippen LogP contribution in [0.15, 0.2) is 23.2 Å². The fourth-order valence-corrected chi connectivity index (χ4v) is 3.44. The number of ether oxygens (including phenoxy) is 2. The molecule has 1 fully saturated rings. The van der Waals surface area contributed by atoms with Crippen molar-refractivity contribution >= 4 is 5.96 Å². The normalized spacial score (nSPS) is 20.6. The molecule has 1 aromatic carbocycles. The first-order valence-electron chi connectivity index (χ1n) is 9.33. The maximum atomic E-state index is 5.42. The van der Waals surface area contributed by atoms with E-state index < -0.39 is 0 Å². The highest BCUT2D eigenvalue weighted by molar-refractivity contribution is 5.79. The average molecular weight is 346 g/mol. The summed E-state index contributed by atoms with van der Waals surface area (Å²) in [6, 6.07) is 6.75. The molecule has 138 valence electrons. The van der Waals surface area contributed by atoms with Crippen LogP contribution in [-0.2, 0) is 6.54 Å². The van der Waals surface area contributed by atoms with E-state index in [4.69, 9.17) is 9.47 Å². The van der Waals surface area contributed by atoms with Gasteiger partial charge in [-0.1, -0.05) is 12.5 Å². The fraction of sp³-hybridized carbons (Fsp3) is 0.632. The Kier molecular flexibility index (Phi) is 6.39. The number of hydrogen-bond acceptors (Lipinski definition) is 4. The van der Waals surface area contributed by atoms with E-state index in [9.17, 15) is 0 Å². The van der Waals surface area contributed by atoms with Crippen LogP contribution in [0.25, 0.3) is 0 Å². The van der Waals surface area contributed by atoms with Crippen molar-refractivity contribution in [2.24, 2.45) is 4.99 Å². The monoisotopic (exact) mass is 346 g/mol. The lowest BCUT2D eigenvalue weighted by Crippen LogP contribution is -2.41. The molecule has 2 heterocycles. The van der Waals surface area contributed by atoms with Gasteiger partial charge in [-0.2, -0.15) is 0 Å². The molecule has 0 spiro atoms. The number of likely N-dealkylation sites (tertiary alicyclic amines) is 1. The van der Waals surface area contributed by atoms with Crippen molar-refractivity contribution in [3.63, 3.8) is 0 Å². The number of hydrogen-bond donors (Lipinski definition) is 2. The van der Waals surface area contributed by atoms with E-state index in [1.165, 1.54) is 25.8 Å². The summed E-state index contributed by atoms with van der Waals surface area (Å²) in [5, 5.41) is 6.76. The molecule has 2 N–H and O–H groups in total. The summed E-state index contributed by atoms with van der Waals surface area (Å²) in [6.07, 6.45) is 5.20. The second kappa shape index (κ2) is 8.94. The van der Waals surface area contributed by atoms with Crippen molar-refractivity contribution in [2.45, 2.75) is 45.2 Å². The van der Waals surface area contributed by atoms with Crippen LogP contribution in [0.4, 0.5) is 0 Å². The van der Waals surface area contributed by atoms with E-state index >= 15 is 0 Å². The van der Waals surface area contributed by atoms with Crippen LogP contribution in [0.1, 0.15) is 38.2 Å². The third kappa shape index (κ3) is 5.01. The maximum absolute atomic E-state index is 5.42. The summed E-state index contributed by atoms with van der Waals surface area (Å²) in [5.41, 5.74) is 1.15. The summed E-state index contributed by atoms with van der Waals surface area (Å²) in [7, 11) is 1.81. The first kappa shape index (κ1) is 17.9. The molecule has 6 nitrogen and oxygen atoms in total. The molecule has 3 rings (SSSR count). The number of benzene rings is 1. The molecule has 1 unspecified atom stereocenters. The standard InChI is InChI=1S/C19H30N4O2/c1-15-6-3-4-10-23(15)11-5-9-21-19(20-2)22-13-16-7-8-17-18(12-16)25-14-24-17/h7-8,12,15H,3-6,9-11,13-14H2,1-2H3,(H2,20,21,22). The van der Waals surface area contributed by atoms with E-state index in [0.717, 1.165) is 48.6 Å². The van der Waals surface area contributed by atoms with Gasteiger partial charge in [0.15, 0.2) is 17.5 Å². The van der Waals surface area contributed by atoms with Crippen LogP contribution >= 0.6 is 0 Å². The van der Waals surface area contributed by atoms with Crippen molar-refractivity contribution in [2.75, 3.05) is 33.5 Å². The van der Waals surface area contributed by atoms with Gasteiger partial charge in [0.2, 0.25) is 6.79 Å². The summed E-state index contributed by atoms with van der Waals surface area (Å²) >= 11 is 0. The molecule has 1 aromatic rings. The summed E-state index contributed by atoms with van der Waals surface area (Å²) in [4.78, 5) is 6.90.